The van der Waals surface area contributed by atoms with Crippen molar-refractivity contribution in [2.75, 3.05) is 12.4 Å². The van der Waals surface area contributed by atoms with Crippen LogP contribution in [0, 0.1) is 0 Å². The van der Waals surface area contributed by atoms with Crippen LogP contribution >= 0.6 is 12.6 Å². The molecule has 0 heterocycles. The van der Waals surface area contributed by atoms with E-state index in [2.05, 4.69) is 12.6 Å². The Hall–Kier alpha value is -0.710. The minimum absolute atomic E-state index is 0.115. The van der Waals surface area contributed by atoms with E-state index in [4.69, 9.17) is 9.84 Å². The molecule has 0 radical (unpaired) electrons. The van der Waals surface area contributed by atoms with Gasteiger partial charge in [0.15, 0.2) is 0 Å². The number of thiol groups is 1. The summed E-state index contributed by atoms with van der Waals surface area (Å²) >= 11 is 3.97. The van der Waals surface area contributed by atoms with Gasteiger partial charge in [-0.3, -0.25) is 9.59 Å². The Morgan fingerprint density at radius 1 is 1.14 bits per heavy atom. The van der Waals surface area contributed by atoms with E-state index < -0.39 is 5.97 Å². The second-order valence-corrected chi connectivity index (χ2v) is 3.35. The molecule has 0 rings (SSSR count). The Bertz CT molecular complexity index is 182. The summed E-state index contributed by atoms with van der Waals surface area (Å²) in [5.74, 6) is -0.377. The lowest BCUT2D eigenvalue weighted by Gasteiger charge is -2.02. The van der Waals surface area contributed by atoms with Crippen molar-refractivity contribution in [1.82, 2.24) is 0 Å². The highest BCUT2D eigenvalue weighted by Gasteiger charge is 2.03. The molecule has 5 heteroatoms. The average molecular weight is 220 g/mol. The van der Waals surface area contributed by atoms with Crippen molar-refractivity contribution in [2.45, 2.75) is 32.1 Å². The highest BCUT2D eigenvalue weighted by molar-refractivity contribution is 7.80. The van der Waals surface area contributed by atoms with Gasteiger partial charge in [0.05, 0.1) is 6.61 Å². The van der Waals surface area contributed by atoms with Crippen molar-refractivity contribution >= 4 is 24.6 Å². The molecule has 82 valence electrons. The second kappa shape index (κ2) is 8.87. The number of carbonyl (C=O) groups excluding carboxylic acids is 1. The fourth-order valence-electron chi connectivity index (χ4n) is 0.868. The van der Waals surface area contributed by atoms with Gasteiger partial charge in [0.25, 0.3) is 0 Å². The number of hydrogen-bond acceptors (Lipinski definition) is 4. The molecule has 0 aliphatic heterocycles. The largest absolute Gasteiger partial charge is 0.481 e. The van der Waals surface area contributed by atoms with Crippen LogP contribution < -0.4 is 0 Å². The van der Waals surface area contributed by atoms with E-state index in [0.717, 1.165) is 6.42 Å². The molecule has 0 spiro atoms. The number of esters is 1. The minimum Gasteiger partial charge on any atom is -0.481 e. The molecule has 0 aromatic carbocycles. The number of aliphatic carboxylic acids is 1. The molecule has 0 atom stereocenters. The average Bonchev–Trinajstić information content (AvgIpc) is 2.13. The van der Waals surface area contributed by atoms with Crippen molar-refractivity contribution < 1.29 is 19.4 Å². The first-order valence-electron chi connectivity index (χ1n) is 4.65. The van der Waals surface area contributed by atoms with Gasteiger partial charge < -0.3 is 9.84 Å². The zero-order valence-electron chi connectivity index (χ0n) is 8.07. The molecule has 1 N–H and O–H groups in total. The molecule has 0 aromatic rings. The molecule has 0 saturated carbocycles. The Morgan fingerprint density at radius 3 is 2.36 bits per heavy atom. The summed E-state index contributed by atoms with van der Waals surface area (Å²) in [5, 5.41) is 8.33. The van der Waals surface area contributed by atoms with Crippen LogP contribution in [0.4, 0.5) is 0 Å². The standard InChI is InChI=1S/C9H16O4S/c10-8(11)4-1-2-5-9(12)13-6-3-7-14/h14H,1-7H2,(H,10,11). The van der Waals surface area contributed by atoms with E-state index in [-0.39, 0.29) is 12.4 Å². The fraction of sp³-hybridized carbons (Fsp3) is 0.778. The van der Waals surface area contributed by atoms with Gasteiger partial charge in [-0.05, 0) is 25.0 Å². The third-order valence-corrected chi connectivity index (χ3v) is 1.90. The summed E-state index contributed by atoms with van der Waals surface area (Å²) in [7, 11) is 0. The van der Waals surface area contributed by atoms with E-state index in [1.165, 1.54) is 0 Å². The van der Waals surface area contributed by atoms with E-state index in [9.17, 15) is 9.59 Å². The van der Waals surface area contributed by atoms with E-state index in [1.807, 2.05) is 0 Å². The smallest absolute Gasteiger partial charge is 0.305 e. The third kappa shape index (κ3) is 9.38. The molecular formula is C9H16O4S. The van der Waals surface area contributed by atoms with Crippen molar-refractivity contribution in [3.8, 4) is 0 Å². The molecule has 0 bridgehead atoms. The van der Waals surface area contributed by atoms with Crippen LogP contribution in [0.25, 0.3) is 0 Å². The van der Waals surface area contributed by atoms with Crippen LogP contribution in [0.1, 0.15) is 32.1 Å². The van der Waals surface area contributed by atoms with Crippen molar-refractivity contribution in [3.63, 3.8) is 0 Å². The number of rotatable bonds is 8. The zero-order valence-corrected chi connectivity index (χ0v) is 8.96. The highest BCUT2D eigenvalue weighted by Crippen LogP contribution is 2.01. The lowest BCUT2D eigenvalue weighted by Crippen LogP contribution is -2.06. The predicted octanol–water partition coefficient (Wildman–Crippen LogP) is 1.49. The quantitative estimate of drug-likeness (QED) is 0.369. The van der Waals surface area contributed by atoms with Crippen LogP contribution in [-0.4, -0.2) is 29.4 Å². The molecule has 0 aliphatic carbocycles. The Balaban J connectivity index is 3.22. The maximum atomic E-state index is 11.0. The minimum atomic E-state index is -0.826. The molecule has 4 nitrogen and oxygen atoms in total. The van der Waals surface area contributed by atoms with Gasteiger partial charge in [-0.1, -0.05) is 0 Å². The molecule has 14 heavy (non-hydrogen) atoms. The molecule has 0 aliphatic rings. The molecule has 0 saturated heterocycles. The van der Waals surface area contributed by atoms with Gasteiger partial charge >= 0.3 is 11.9 Å². The third-order valence-electron chi connectivity index (χ3n) is 1.59. The van der Waals surface area contributed by atoms with E-state index >= 15 is 0 Å². The molecular weight excluding hydrogens is 204 g/mol. The van der Waals surface area contributed by atoms with Gasteiger partial charge in [-0.2, -0.15) is 12.6 Å². The molecule has 0 fully saturated rings. The SMILES string of the molecule is O=C(O)CCCCC(=O)OCCCS. The number of carboxylic acid groups (broad SMARTS) is 1. The summed E-state index contributed by atoms with van der Waals surface area (Å²) in [6, 6.07) is 0. The van der Waals surface area contributed by atoms with Crippen molar-refractivity contribution in [3.05, 3.63) is 0 Å². The van der Waals surface area contributed by atoms with Gasteiger partial charge in [-0.15, -0.1) is 0 Å². The van der Waals surface area contributed by atoms with Crippen LogP contribution in [0.5, 0.6) is 0 Å². The Morgan fingerprint density at radius 2 is 1.79 bits per heavy atom. The van der Waals surface area contributed by atoms with Crippen LogP contribution in [-0.2, 0) is 14.3 Å². The number of hydrogen-bond donors (Lipinski definition) is 2. The lowest BCUT2D eigenvalue weighted by atomic mass is 10.2. The maximum Gasteiger partial charge on any atom is 0.305 e. The van der Waals surface area contributed by atoms with Crippen molar-refractivity contribution in [1.29, 1.82) is 0 Å². The number of unbranched alkanes of at least 4 members (excludes halogenated alkanes) is 1. The first-order valence-corrected chi connectivity index (χ1v) is 5.28. The van der Waals surface area contributed by atoms with Crippen LogP contribution in [0.2, 0.25) is 0 Å². The van der Waals surface area contributed by atoms with Gasteiger partial charge in [0, 0.05) is 12.8 Å². The van der Waals surface area contributed by atoms with Crippen LogP contribution in [0.15, 0.2) is 0 Å². The first-order chi connectivity index (χ1) is 6.66. The number of carbonyl (C=O) groups is 2. The van der Waals surface area contributed by atoms with E-state index in [0.29, 0.717) is 31.6 Å². The second-order valence-electron chi connectivity index (χ2n) is 2.90. The summed E-state index contributed by atoms with van der Waals surface area (Å²) in [4.78, 5) is 21.1. The molecule has 0 amide bonds. The van der Waals surface area contributed by atoms with Crippen LogP contribution in [0.3, 0.4) is 0 Å². The lowest BCUT2D eigenvalue weighted by molar-refractivity contribution is -0.144. The summed E-state index contributed by atoms with van der Waals surface area (Å²) in [6.07, 6.45) is 2.27. The van der Waals surface area contributed by atoms with E-state index in [1.54, 1.807) is 0 Å². The van der Waals surface area contributed by atoms with Gasteiger partial charge in [-0.25, -0.2) is 0 Å². The zero-order chi connectivity index (χ0) is 10.8. The molecule has 0 unspecified atom stereocenters. The fourth-order valence-corrected chi connectivity index (χ4v) is 0.997. The topological polar surface area (TPSA) is 63.6 Å². The van der Waals surface area contributed by atoms with Gasteiger partial charge in [0.1, 0.15) is 0 Å². The highest BCUT2D eigenvalue weighted by atomic mass is 32.1. The summed E-state index contributed by atoms with van der Waals surface area (Å²) < 4.78 is 4.85. The number of carboxylic acids is 1. The Labute approximate surface area is 89.0 Å². The van der Waals surface area contributed by atoms with Crippen molar-refractivity contribution in [2.24, 2.45) is 0 Å². The normalized spacial score (nSPS) is 9.79. The number of ether oxygens (including phenoxy) is 1. The first kappa shape index (κ1) is 13.3. The predicted molar refractivity (Wildman–Crippen MR) is 55.5 cm³/mol. The molecule has 0 aromatic heterocycles. The maximum absolute atomic E-state index is 11.0. The van der Waals surface area contributed by atoms with Gasteiger partial charge in [0.2, 0.25) is 0 Å². The summed E-state index contributed by atoms with van der Waals surface area (Å²) in [6.45, 7) is 0.404. The Kier molecular flexibility index (Phi) is 8.42. The summed E-state index contributed by atoms with van der Waals surface area (Å²) in [5.41, 5.74) is 0. The monoisotopic (exact) mass is 220 g/mol.